The number of rotatable bonds is 0. The van der Waals surface area contributed by atoms with Crippen molar-refractivity contribution < 1.29 is 19.4 Å². The average Bonchev–Trinajstić information content (AvgIpc) is 2.89. The number of cyclic esters (lactones) is 1. The molecule has 0 aromatic heterocycles. The topological polar surface area (TPSA) is 59.1 Å². The molecule has 4 atom stereocenters. The molecule has 4 heteroatoms. The molecule has 0 spiro atoms. The van der Waals surface area contributed by atoms with E-state index in [1.807, 2.05) is 13.0 Å². The van der Waals surface area contributed by atoms with Gasteiger partial charge in [0.05, 0.1) is 6.10 Å². The molecule has 2 heterocycles. The van der Waals surface area contributed by atoms with Crippen LogP contribution in [0, 0.1) is 0 Å². The third-order valence-electron chi connectivity index (χ3n) is 2.51. The van der Waals surface area contributed by atoms with E-state index in [1.54, 1.807) is 6.08 Å². The van der Waals surface area contributed by atoms with Gasteiger partial charge in [-0.1, -0.05) is 12.2 Å². The van der Waals surface area contributed by atoms with E-state index in [4.69, 9.17) is 9.47 Å². The van der Waals surface area contributed by atoms with Crippen molar-refractivity contribution in [3.8, 4) is 0 Å². The van der Waals surface area contributed by atoms with Gasteiger partial charge in [0.1, 0.15) is 18.3 Å². The maximum atomic E-state index is 11.2. The molecule has 2 rings (SSSR count). The summed E-state index contributed by atoms with van der Waals surface area (Å²) in [5, 5.41) is 9.40. The largest absolute Gasteiger partial charge is 0.460 e. The van der Waals surface area contributed by atoms with E-state index >= 15 is 0 Å². The Balaban J connectivity index is 2.03. The lowest BCUT2D eigenvalue weighted by Gasteiger charge is -2.12. The fourth-order valence-electron chi connectivity index (χ4n) is 1.60. The van der Waals surface area contributed by atoms with Crippen molar-refractivity contribution in [1.82, 2.24) is 0 Å². The van der Waals surface area contributed by atoms with Gasteiger partial charge in [-0.25, -0.2) is 0 Å². The molecule has 14 heavy (non-hydrogen) atoms. The predicted molar refractivity (Wildman–Crippen MR) is 48.6 cm³/mol. The van der Waals surface area contributed by atoms with Gasteiger partial charge in [0.25, 0.3) is 0 Å². The molecule has 1 N–H and O–H groups in total. The highest BCUT2D eigenvalue weighted by Gasteiger charge is 2.43. The van der Waals surface area contributed by atoms with Gasteiger partial charge in [0, 0.05) is 6.42 Å². The fraction of sp³-hybridized carbons (Fsp3) is 0.700. The lowest BCUT2D eigenvalue weighted by molar-refractivity contribution is -0.149. The van der Waals surface area contributed by atoms with Crippen molar-refractivity contribution in [2.75, 3.05) is 0 Å². The normalized spacial score (nSPS) is 44.9. The minimum absolute atomic E-state index is 0.00514. The highest BCUT2D eigenvalue weighted by Crippen LogP contribution is 2.29. The zero-order valence-electron chi connectivity index (χ0n) is 8.05. The molecule has 0 radical (unpaired) electrons. The number of hydrogen-bond acceptors (Lipinski definition) is 4. The van der Waals surface area contributed by atoms with Gasteiger partial charge < -0.3 is 14.6 Å². The van der Waals surface area contributed by atoms with Crippen molar-refractivity contribution in [3.63, 3.8) is 0 Å². The van der Waals surface area contributed by atoms with Crippen LogP contribution < -0.4 is 0 Å². The number of epoxide rings is 1. The Kier molecular flexibility index (Phi) is 2.56. The van der Waals surface area contributed by atoms with Crippen LogP contribution in [0.4, 0.5) is 0 Å². The van der Waals surface area contributed by atoms with E-state index in [1.165, 1.54) is 0 Å². The second-order valence-electron chi connectivity index (χ2n) is 3.75. The molecule has 0 aromatic rings. The van der Waals surface area contributed by atoms with Crippen LogP contribution in [-0.4, -0.2) is 35.5 Å². The molecule has 0 amide bonds. The summed E-state index contributed by atoms with van der Waals surface area (Å²) in [7, 11) is 0. The maximum Gasteiger partial charge on any atom is 0.306 e. The van der Waals surface area contributed by atoms with Gasteiger partial charge in [0.15, 0.2) is 0 Å². The fourth-order valence-corrected chi connectivity index (χ4v) is 1.60. The molecule has 0 saturated carbocycles. The van der Waals surface area contributed by atoms with Crippen LogP contribution in [0.3, 0.4) is 0 Å². The monoisotopic (exact) mass is 198 g/mol. The first-order valence-electron chi connectivity index (χ1n) is 4.88. The Morgan fingerprint density at radius 1 is 1.50 bits per heavy atom. The van der Waals surface area contributed by atoms with Crippen molar-refractivity contribution >= 4 is 5.97 Å². The molecule has 1 saturated heterocycles. The van der Waals surface area contributed by atoms with Crippen molar-refractivity contribution in [2.24, 2.45) is 0 Å². The molecule has 1 fully saturated rings. The van der Waals surface area contributed by atoms with Crippen LogP contribution in [0.15, 0.2) is 12.2 Å². The standard InChI is InChI=1S/C10H14O4/c1-6-10-8(14-10)4-2-7(11)3-5-9(12)13-6/h2,4,6-8,10-11H,3,5H2,1H3/b4-2+/t6-,7+,8-,10+/m1/s1. The number of esters is 1. The average molecular weight is 198 g/mol. The highest BCUT2D eigenvalue weighted by atomic mass is 16.6. The van der Waals surface area contributed by atoms with E-state index in [0.29, 0.717) is 6.42 Å². The van der Waals surface area contributed by atoms with Crippen molar-refractivity contribution in [1.29, 1.82) is 0 Å². The number of aliphatic hydroxyl groups is 1. The van der Waals surface area contributed by atoms with Gasteiger partial charge in [-0.05, 0) is 13.3 Å². The van der Waals surface area contributed by atoms with Gasteiger partial charge in [0.2, 0.25) is 0 Å². The van der Waals surface area contributed by atoms with Crippen LogP contribution in [0.5, 0.6) is 0 Å². The quantitative estimate of drug-likeness (QED) is 0.347. The molecule has 0 aromatic carbocycles. The third-order valence-corrected chi connectivity index (χ3v) is 2.51. The summed E-state index contributed by atoms with van der Waals surface area (Å²) in [6.45, 7) is 1.83. The van der Waals surface area contributed by atoms with E-state index in [-0.39, 0.29) is 30.7 Å². The van der Waals surface area contributed by atoms with E-state index < -0.39 is 6.10 Å². The molecular formula is C10H14O4. The Hall–Kier alpha value is -0.870. The summed E-state index contributed by atoms with van der Waals surface area (Å²) in [6, 6.07) is 0. The number of hydrogen-bond donors (Lipinski definition) is 1. The van der Waals surface area contributed by atoms with Gasteiger partial charge in [-0.3, -0.25) is 4.79 Å². The molecule has 0 bridgehead atoms. The lowest BCUT2D eigenvalue weighted by atomic mass is 10.1. The highest BCUT2D eigenvalue weighted by molar-refractivity contribution is 5.69. The van der Waals surface area contributed by atoms with Crippen LogP contribution >= 0.6 is 0 Å². The third kappa shape index (κ3) is 2.13. The summed E-state index contributed by atoms with van der Waals surface area (Å²) in [4.78, 5) is 11.2. The summed E-state index contributed by atoms with van der Waals surface area (Å²) in [6.07, 6.45) is 3.42. The van der Waals surface area contributed by atoms with Crippen LogP contribution in [-0.2, 0) is 14.3 Å². The summed E-state index contributed by atoms with van der Waals surface area (Å²) in [5.41, 5.74) is 0. The molecule has 0 aliphatic carbocycles. The molecule has 4 nitrogen and oxygen atoms in total. The second kappa shape index (κ2) is 3.71. The summed E-state index contributed by atoms with van der Waals surface area (Å²) >= 11 is 0. The first-order chi connectivity index (χ1) is 6.66. The molecule has 78 valence electrons. The van der Waals surface area contributed by atoms with E-state index in [2.05, 4.69) is 0 Å². The van der Waals surface area contributed by atoms with Crippen molar-refractivity contribution in [3.05, 3.63) is 12.2 Å². The van der Waals surface area contributed by atoms with Crippen LogP contribution in [0.1, 0.15) is 19.8 Å². The number of ether oxygens (including phenoxy) is 2. The van der Waals surface area contributed by atoms with E-state index in [9.17, 15) is 9.90 Å². The Bertz CT molecular complexity index is 261. The number of fused-ring (bicyclic) bond motifs is 1. The number of aliphatic hydroxyl groups excluding tert-OH is 1. The molecule has 2 aliphatic heterocycles. The number of carbonyl (C=O) groups is 1. The second-order valence-corrected chi connectivity index (χ2v) is 3.75. The number of carbonyl (C=O) groups excluding carboxylic acids is 1. The zero-order chi connectivity index (χ0) is 10.1. The maximum absolute atomic E-state index is 11.2. The minimum Gasteiger partial charge on any atom is -0.460 e. The smallest absolute Gasteiger partial charge is 0.306 e. The first kappa shape index (κ1) is 9.68. The summed E-state index contributed by atoms with van der Waals surface area (Å²) in [5.74, 6) is -0.263. The Morgan fingerprint density at radius 2 is 2.29 bits per heavy atom. The Labute approximate surface area is 82.5 Å². The van der Waals surface area contributed by atoms with Gasteiger partial charge in [-0.2, -0.15) is 0 Å². The minimum atomic E-state index is -0.569. The molecular weight excluding hydrogens is 184 g/mol. The van der Waals surface area contributed by atoms with Crippen LogP contribution in [0.25, 0.3) is 0 Å². The summed E-state index contributed by atoms with van der Waals surface area (Å²) < 4.78 is 10.4. The van der Waals surface area contributed by atoms with E-state index in [0.717, 1.165) is 0 Å². The molecule has 2 aliphatic rings. The Morgan fingerprint density at radius 3 is 3.07 bits per heavy atom. The zero-order valence-corrected chi connectivity index (χ0v) is 8.05. The van der Waals surface area contributed by atoms with Crippen LogP contribution in [0.2, 0.25) is 0 Å². The SMILES string of the molecule is C[C@H]1OC(=O)CC[C@@H](O)/C=C/[C@H]2O[C@@H]12. The van der Waals surface area contributed by atoms with Crippen molar-refractivity contribution in [2.45, 2.75) is 44.2 Å². The first-order valence-corrected chi connectivity index (χ1v) is 4.88. The predicted octanol–water partition coefficient (Wildman–Crippen LogP) is 0.396. The van der Waals surface area contributed by atoms with Gasteiger partial charge in [-0.15, -0.1) is 0 Å². The van der Waals surface area contributed by atoms with Gasteiger partial charge >= 0.3 is 5.97 Å². The molecule has 0 unspecified atom stereocenters. The lowest BCUT2D eigenvalue weighted by Crippen LogP contribution is -2.23.